The van der Waals surface area contributed by atoms with Crippen molar-refractivity contribution in [2.45, 2.75) is 33.4 Å². The molecule has 0 bridgehead atoms. The predicted octanol–water partition coefficient (Wildman–Crippen LogP) is 4.07. The standard InChI is InChI=1S/C23H26N4O3/c1-16(2)21(26-23(29)30-15-18-8-5-4-6-9-18)22(28)25-19-10-7-11-20(14-19)27-17(3)12-13-24-27/h4-14,16,21H,15H2,1-3H3,(H,25,28)(H,26,29)/t21-/m0/s1. The molecular formula is C23H26N4O3. The van der Waals surface area contributed by atoms with Gasteiger partial charge in [0, 0.05) is 17.6 Å². The average molecular weight is 406 g/mol. The summed E-state index contributed by atoms with van der Waals surface area (Å²) < 4.78 is 7.04. The van der Waals surface area contributed by atoms with Crippen LogP contribution in [0.15, 0.2) is 66.9 Å². The summed E-state index contributed by atoms with van der Waals surface area (Å²) in [6.07, 6.45) is 1.09. The van der Waals surface area contributed by atoms with E-state index in [1.165, 1.54) is 0 Å². The molecule has 3 rings (SSSR count). The number of aryl methyl sites for hydroxylation is 1. The second-order valence-electron chi connectivity index (χ2n) is 7.35. The Kier molecular flexibility index (Phi) is 6.85. The van der Waals surface area contributed by atoms with Crippen molar-refractivity contribution < 1.29 is 14.3 Å². The molecule has 0 aliphatic heterocycles. The van der Waals surface area contributed by atoms with E-state index in [4.69, 9.17) is 4.74 Å². The van der Waals surface area contributed by atoms with Gasteiger partial charge in [0.15, 0.2) is 0 Å². The average Bonchev–Trinajstić information content (AvgIpc) is 3.17. The van der Waals surface area contributed by atoms with Crippen molar-refractivity contribution in [2.75, 3.05) is 5.32 Å². The van der Waals surface area contributed by atoms with Crippen molar-refractivity contribution in [1.29, 1.82) is 0 Å². The molecule has 0 saturated heterocycles. The first-order chi connectivity index (χ1) is 14.4. The zero-order valence-corrected chi connectivity index (χ0v) is 17.3. The number of carbonyl (C=O) groups excluding carboxylic acids is 2. The zero-order valence-electron chi connectivity index (χ0n) is 17.3. The Morgan fingerprint density at radius 1 is 1.07 bits per heavy atom. The number of anilines is 1. The van der Waals surface area contributed by atoms with Gasteiger partial charge in [-0.05, 0) is 42.7 Å². The third-order valence-electron chi connectivity index (χ3n) is 4.63. The molecule has 156 valence electrons. The van der Waals surface area contributed by atoms with Gasteiger partial charge in [-0.1, -0.05) is 50.2 Å². The van der Waals surface area contributed by atoms with Gasteiger partial charge in [0.05, 0.1) is 5.69 Å². The van der Waals surface area contributed by atoms with Gasteiger partial charge >= 0.3 is 6.09 Å². The lowest BCUT2D eigenvalue weighted by atomic mass is 10.0. The molecule has 7 heteroatoms. The highest BCUT2D eigenvalue weighted by Gasteiger charge is 2.25. The van der Waals surface area contributed by atoms with E-state index in [-0.39, 0.29) is 18.4 Å². The van der Waals surface area contributed by atoms with Crippen molar-refractivity contribution in [3.05, 3.63) is 78.1 Å². The number of nitrogens with one attached hydrogen (secondary N) is 2. The molecule has 1 heterocycles. The Balaban J connectivity index is 1.63. The lowest BCUT2D eigenvalue weighted by Crippen LogP contribution is -2.47. The molecule has 0 fully saturated rings. The summed E-state index contributed by atoms with van der Waals surface area (Å²) >= 11 is 0. The molecule has 1 atom stereocenters. The van der Waals surface area contributed by atoms with Gasteiger partial charge < -0.3 is 15.4 Å². The Morgan fingerprint density at radius 2 is 1.83 bits per heavy atom. The fraction of sp³-hybridized carbons (Fsp3) is 0.261. The lowest BCUT2D eigenvalue weighted by molar-refractivity contribution is -0.119. The first kappa shape index (κ1) is 21.1. The highest BCUT2D eigenvalue weighted by Crippen LogP contribution is 2.17. The van der Waals surface area contributed by atoms with Crippen LogP contribution < -0.4 is 10.6 Å². The number of aromatic nitrogens is 2. The van der Waals surface area contributed by atoms with Crippen LogP contribution in [0.25, 0.3) is 5.69 Å². The molecular weight excluding hydrogens is 380 g/mol. The van der Waals surface area contributed by atoms with E-state index in [0.29, 0.717) is 5.69 Å². The SMILES string of the molecule is Cc1ccnn1-c1cccc(NC(=O)[C@@H](NC(=O)OCc2ccccc2)C(C)C)c1. The summed E-state index contributed by atoms with van der Waals surface area (Å²) in [7, 11) is 0. The summed E-state index contributed by atoms with van der Waals surface area (Å²) in [6.45, 7) is 5.83. The molecule has 2 N–H and O–H groups in total. The van der Waals surface area contributed by atoms with Crippen LogP contribution in [-0.4, -0.2) is 27.8 Å². The number of ether oxygens (including phenoxy) is 1. The second-order valence-corrected chi connectivity index (χ2v) is 7.35. The third kappa shape index (κ3) is 5.47. The Labute approximate surface area is 176 Å². The highest BCUT2D eigenvalue weighted by molar-refractivity contribution is 5.96. The maximum Gasteiger partial charge on any atom is 0.408 e. The lowest BCUT2D eigenvalue weighted by Gasteiger charge is -2.21. The quantitative estimate of drug-likeness (QED) is 0.619. The van der Waals surface area contributed by atoms with Crippen LogP contribution in [0, 0.1) is 12.8 Å². The van der Waals surface area contributed by atoms with E-state index in [9.17, 15) is 9.59 Å². The fourth-order valence-electron chi connectivity index (χ4n) is 3.00. The molecule has 2 amide bonds. The van der Waals surface area contributed by atoms with Crippen molar-refractivity contribution in [2.24, 2.45) is 5.92 Å². The van der Waals surface area contributed by atoms with Gasteiger partial charge in [0.25, 0.3) is 0 Å². The number of nitrogens with zero attached hydrogens (tertiary/aromatic N) is 2. The minimum Gasteiger partial charge on any atom is -0.445 e. The monoisotopic (exact) mass is 406 g/mol. The molecule has 0 aliphatic rings. The van der Waals surface area contributed by atoms with Gasteiger partial charge in [-0.25, -0.2) is 9.48 Å². The number of amides is 2. The molecule has 0 aliphatic carbocycles. The number of alkyl carbamates (subject to hydrolysis) is 1. The molecule has 2 aromatic carbocycles. The molecule has 0 spiro atoms. The summed E-state index contributed by atoms with van der Waals surface area (Å²) in [5, 5.41) is 9.83. The number of rotatable bonds is 7. The molecule has 30 heavy (non-hydrogen) atoms. The normalized spacial score (nSPS) is 11.7. The summed E-state index contributed by atoms with van der Waals surface area (Å²) in [4.78, 5) is 25.0. The van der Waals surface area contributed by atoms with E-state index in [0.717, 1.165) is 16.9 Å². The number of carbonyl (C=O) groups is 2. The third-order valence-corrected chi connectivity index (χ3v) is 4.63. The first-order valence-corrected chi connectivity index (χ1v) is 9.83. The van der Waals surface area contributed by atoms with Crippen LogP contribution in [0.3, 0.4) is 0 Å². The van der Waals surface area contributed by atoms with Crippen molar-refractivity contribution in [3.8, 4) is 5.69 Å². The van der Waals surface area contributed by atoms with Crippen molar-refractivity contribution in [3.63, 3.8) is 0 Å². The Hall–Kier alpha value is -3.61. The van der Waals surface area contributed by atoms with Crippen LogP contribution in [0.5, 0.6) is 0 Å². The van der Waals surface area contributed by atoms with Crippen LogP contribution >= 0.6 is 0 Å². The predicted molar refractivity (Wildman–Crippen MR) is 115 cm³/mol. The smallest absolute Gasteiger partial charge is 0.408 e. The minimum atomic E-state index is -0.733. The number of benzene rings is 2. The van der Waals surface area contributed by atoms with Gasteiger partial charge in [-0.3, -0.25) is 4.79 Å². The van der Waals surface area contributed by atoms with Gasteiger partial charge in [0.1, 0.15) is 12.6 Å². The van der Waals surface area contributed by atoms with E-state index in [1.54, 1.807) is 16.9 Å². The highest BCUT2D eigenvalue weighted by atomic mass is 16.5. The van der Waals surface area contributed by atoms with E-state index < -0.39 is 12.1 Å². The zero-order chi connectivity index (χ0) is 21.5. The topological polar surface area (TPSA) is 85.3 Å². The van der Waals surface area contributed by atoms with Crippen LogP contribution in [0.1, 0.15) is 25.1 Å². The molecule has 0 saturated carbocycles. The molecule has 3 aromatic rings. The largest absolute Gasteiger partial charge is 0.445 e. The maximum atomic E-state index is 12.8. The first-order valence-electron chi connectivity index (χ1n) is 9.83. The number of hydrogen-bond donors (Lipinski definition) is 2. The Bertz CT molecular complexity index is 998. The van der Waals surface area contributed by atoms with Gasteiger partial charge in [-0.15, -0.1) is 0 Å². The molecule has 0 unspecified atom stereocenters. The number of hydrogen-bond acceptors (Lipinski definition) is 4. The van der Waals surface area contributed by atoms with Crippen LogP contribution in [0.2, 0.25) is 0 Å². The molecule has 0 radical (unpaired) electrons. The van der Waals surface area contributed by atoms with E-state index in [2.05, 4.69) is 15.7 Å². The van der Waals surface area contributed by atoms with Crippen molar-refractivity contribution in [1.82, 2.24) is 15.1 Å². The van der Waals surface area contributed by atoms with Crippen LogP contribution in [0.4, 0.5) is 10.5 Å². The van der Waals surface area contributed by atoms with Gasteiger partial charge in [-0.2, -0.15) is 5.10 Å². The Morgan fingerprint density at radius 3 is 2.50 bits per heavy atom. The summed E-state index contributed by atoms with van der Waals surface area (Å²) in [6, 6.07) is 17.9. The van der Waals surface area contributed by atoms with Gasteiger partial charge in [0.2, 0.25) is 5.91 Å². The fourth-order valence-corrected chi connectivity index (χ4v) is 3.00. The van der Waals surface area contributed by atoms with Crippen molar-refractivity contribution >= 4 is 17.7 Å². The summed E-state index contributed by atoms with van der Waals surface area (Å²) in [5.74, 6) is -0.429. The van der Waals surface area contributed by atoms with Crippen LogP contribution in [-0.2, 0) is 16.1 Å². The summed E-state index contributed by atoms with van der Waals surface area (Å²) in [5.41, 5.74) is 3.33. The van der Waals surface area contributed by atoms with E-state index >= 15 is 0 Å². The minimum absolute atomic E-state index is 0.120. The second kappa shape index (κ2) is 9.73. The van der Waals surface area contributed by atoms with E-state index in [1.807, 2.05) is 75.4 Å². The maximum absolute atomic E-state index is 12.8. The molecule has 7 nitrogen and oxygen atoms in total. The molecule has 1 aromatic heterocycles.